The van der Waals surface area contributed by atoms with E-state index in [0.717, 1.165) is 33.9 Å². The largest absolute Gasteiger partial charge is 0.462 e. The summed E-state index contributed by atoms with van der Waals surface area (Å²) in [6, 6.07) is 14.6. The Hall–Kier alpha value is -2.58. The second-order valence-corrected chi connectivity index (χ2v) is 10.7. The van der Waals surface area contributed by atoms with Gasteiger partial charge in [0.25, 0.3) is 5.91 Å². The molecule has 4 rings (SSSR count). The number of ether oxygens (including phenoxy) is 1. The monoisotopic (exact) mass is 541 g/mol. The molecular formula is C26H28BrN3O3S. The Morgan fingerprint density at radius 3 is 2.74 bits per heavy atom. The molecule has 34 heavy (non-hydrogen) atoms. The zero-order chi connectivity index (χ0) is 24.2. The molecule has 0 aromatic heterocycles. The molecule has 1 amide bonds. The van der Waals surface area contributed by atoms with E-state index in [-0.39, 0.29) is 23.8 Å². The van der Waals surface area contributed by atoms with Crippen LogP contribution in [0.1, 0.15) is 49.2 Å². The number of anilines is 1. The predicted octanol–water partition coefficient (Wildman–Crippen LogP) is 6.02. The van der Waals surface area contributed by atoms with Gasteiger partial charge < -0.3 is 15.0 Å². The van der Waals surface area contributed by atoms with Crippen molar-refractivity contribution in [2.24, 2.45) is 10.9 Å². The number of rotatable bonds is 6. The van der Waals surface area contributed by atoms with Crippen molar-refractivity contribution in [1.82, 2.24) is 4.90 Å². The smallest absolute Gasteiger partial charge is 0.338 e. The molecule has 1 atom stereocenters. The molecule has 2 aromatic carbocycles. The van der Waals surface area contributed by atoms with E-state index < -0.39 is 0 Å². The lowest BCUT2D eigenvalue weighted by Crippen LogP contribution is -2.42. The minimum Gasteiger partial charge on any atom is -0.462 e. The first-order chi connectivity index (χ1) is 16.3. The van der Waals surface area contributed by atoms with E-state index in [0.29, 0.717) is 29.1 Å². The summed E-state index contributed by atoms with van der Waals surface area (Å²) in [5, 5.41) is 3.91. The van der Waals surface area contributed by atoms with Crippen LogP contribution in [0.3, 0.4) is 0 Å². The van der Waals surface area contributed by atoms with Gasteiger partial charge in [-0.3, -0.25) is 4.79 Å². The van der Waals surface area contributed by atoms with Crippen molar-refractivity contribution in [2.75, 3.05) is 24.2 Å². The van der Waals surface area contributed by atoms with Crippen molar-refractivity contribution in [3.8, 4) is 0 Å². The second-order valence-electron chi connectivity index (χ2n) is 8.77. The van der Waals surface area contributed by atoms with Gasteiger partial charge in [-0.2, -0.15) is 0 Å². The molecule has 178 valence electrons. The van der Waals surface area contributed by atoms with E-state index in [2.05, 4.69) is 26.1 Å². The summed E-state index contributed by atoms with van der Waals surface area (Å²) in [6.07, 6.45) is 1.01. The molecule has 6 nitrogen and oxygen atoms in total. The number of nitrogens with zero attached hydrogens (tertiary/aromatic N) is 2. The molecule has 1 fully saturated rings. The molecule has 0 aliphatic carbocycles. The highest BCUT2D eigenvalue weighted by Gasteiger charge is 2.38. The molecule has 8 heteroatoms. The number of hydrogen-bond acceptors (Lipinski definition) is 6. The van der Waals surface area contributed by atoms with Crippen LogP contribution in [-0.4, -0.2) is 40.8 Å². The molecule has 2 aromatic rings. The van der Waals surface area contributed by atoms with Gasteiger partial charge in [-0.1, -0.05) is 53.7 Å². The molecule has 1 saturated heterocycles. The van der Waals surface area contributed by atoms with Crippen molar-refractivity contribution in [2.45, 2.75) is 33.2 Å². The SMILES string of the molecule is CC1=C(C(=O)OCC(C)C)C(c2cccc(NC(=O)c3ccc(Br)cc3)c2)N2CCCSC2=N1. The third-order valence-corrected chi connectivity index (χ3v) is 7.20. The van der Waals surface area contributed by atoms with E-state index in [4.69, 9.17) is 9.73 Å². The summed E-state index contributed by atoms with van der Waals surface area (Å²) < 4.78 is 6.55. The van der Waals surface area contributed by atoms with Crippen LogP contribution >= 0.6 is 27.7 Å². The van der Waals surface area contributed by atoms with Gasteiger partial charge in [0.2, 0.25) is 0 Å². The van der Waals surface area contributed by atoms with Crippen LogP contribution in [0.15, 0.2) is 69.3 Å². The van der Waals surface area contributed by atoms with Crippen molar-refractivity contribution in [3.05, 3.63) is 75.4 Å². The van der Waals surface area contributed by atoms with Crippen LogP contribution < -0.4 is 5.32 Å². The summed E-state index contributed by atoms with van der Waals surface area (Å²) in [6.45, 7) is 7.07. The van der Waals surface area contributed by atoms with Gasteiger partial charge in [-0.15, -0.1) is 0 Å². The summed E-state index contributed by atoms with van der Waals surface area (Å²) in [5.74, 6) is 0.728. The van der Waals surface area contributed by atoms with Gasteiger partial charge in [0, 0.05) is 28.0 Å². The number of hydrogen-bond donors (Lipinski definition) is 1. The number of nitrogens with one attached hydrogen (secondary N) is 1. The first-order valence-electron chi connectivity index (χ1n) is 11.4. The quantitative estimate of drug-likeness (QED) is 0.452. The number of amidine groups is 1. The standard InChI is InChI=1S/C26H28BrN3O3S/c1-16(2)15-33-25(32)22-17(3)28-26-30(12-5-13-34-26)23(22)19-6-4-7-21(14-19)29-24(31)18-8-10-20(27)11-9-18/h4,6-11,14,16,23H,5,12-13,15H2,1-3H3,(H,29,31). The number of carbonyl (C=O) groups is 2. The third-order valence-electron chi connectivity index (χ3n) is 5.59. The number of aliphatic imine (C=N–C) groups is 1. The maximum absolute atomic E-state index is 13.2. The number of esters is 1. The number of thioether (sulfide) groups is 1. The highest BCUT2D eigenvalue weighted by atomic mass is 79.9. The van der Waals surface area contributed by atoms with Gasteiger partial charge in [0.05, 0.1) is 23.9 Å². The second kappa shape index (κ2) is 10.8. The Kier molecular flexibility index (Phi) is 7.78. The molecule has 2 aliphatic rings. The van der Waals surface area contributed by atoms with Crippen LogP contribution in [0.4, 0.5) is 5.69 Å². The summed E-state index contributed by atoms with van der Waals surface area (Å²) in [4.78, 5) is 32.9. The number of fused-ring (bicyclic) bond motifs is 1. The van der Waals surface area contributed by atoms with Gasteiger partial charge >= 0.3 is 5.97 Å². The zero-order valence-electron chi connectivity index (χ0n) is 19.5. The number of carbonyl (C=O) groups excluding carboxylic acids is 2. The molecule has 0 saturated carbocycles. The summed E-state index contributed by atoms with van der Waals surface area (Å²) >= 11 is 5.10. The van der Waals surface area contributed by atoms with Crippen molar-refractivity contribution >= 4 is 50.4 Å². The minimum absolute atomic E-state index is 0.188. The highest BCUT2D eigenvalue weighted by molar-refractivity contribution is 9.10. The Morgan fingerprint density at radius 2 is 2.00 bits per heavy atom. The fraction of sp³-hybridized carbons (Fsp3) is 0.346. The molecule has 0 radical (unpaired) electrons. The van der Waals surface area contributed by atoms with Crippen molar-refractivity contribution in [1.29, 1.82) is 0 Å². The van der Waals surface area contributed by atoms with Gasteiger partial charge in [0.15, 0.2) is 5.17 Å². The third kappa shape index (κ3) is 5.55. The predicted molar refractivity (Wildman–Crippen MR) is 141 cm³/mol. The minimum atomic E-state index is -0.334. The highest BCUT2D eigenvalue weighted by Crippen LogP contribution is 2.40. The van der Waals surface area contributed by atoms with Gasteiger partial charge in [-0.05, 0) is 61.2 Å². The number of amides is 1. The average molecular weight is 542 g/mol. The Labute approximate surface area is 213 Å². The first kappa shape index (κ1) is 24.5. The van der Waals surface area contributed by atoms with Crippen LogP contribution in [0.2, 0.25) is 0 Å². The van der Waals surface area contributed by atoms with Gasteiger partial charge in [-0.25, -0.2) is 9.79 Å². The van der Waals surface area contributed by atoms with E-state index in [9.17, 15) is 9.59 Å². The normalized spacial score (nSPS) is 17.9. The maximum atomic E-state index is 13.2. The molecule has 1 N–H and O–H groups in total. The van der Waals surface area contributed by atoms with E-state index in [1.807, 2.05) is 57.2 Å². The van der Waals surface area contributed by atoms with Crippen LogP contribution in [0.25, 0.3) is 0 Å². The fourth-order valence-electron chi connectivity index (χ4n) is 3.99. The molecular weight excluding hydrogens is 514 g/mol. The molecule has 0 spiro atoms. The lowest BCUT2D eigenvalue weighted by Gasteiger charge is -2.40. The van der Waals surface area contributed by atoms with E-state index in [1.165, 1.54) is 0 Å². The van der Waals surface area contributed by atoms with Crippen LogP contribution in [-0.2, 0) is 9.53 Å². The molecule has 2 heterocycles. The van der Waals surface area contributed by atoms with E-state index in [1.54, 1.807) is 23.9 Å². The van der Waals surface area contributed by atoms with Crippen molar-refractivity contribution in [3.63, 3.8) is 0 Å². The first-order valence-corrected chi connectivity index (χ1v) is 13.1. The fourth-order valence-corrected chi connectivity index (χ4v) is 5.27. The molecule has 0 bridgehead atoms. The Morgan fingerprint density at radius 1 is 1.24 bits per heavy atom. The number of allylic oxidation sites excluding steroid dienone is 1. The lowest BCUT2D eigenvalue weighted by atomic mass is 9.94. The Balaban J connectivity index is 1.66. The van der Waals surface area contributed by atoms with Crippen LogP contribution in [0.5, 0.6) is 0 Å². The van der Waals surface area contributed by atoms with Crippen LogP contribution in [0, 0.1) is 5.92 Å². The Bertz CT molecular complexity index is 1140. The number of halogens is 1. The summed E-state index contributed by atoms with van der Waals surface area (Å²) in [5.41, 5.74) is 3.40. The average Bonchev–Trinajstić information content (AvgIpc) is 2.82. The van der Waals surface area contributed by atoms with Crippen molar-refractivity contribution < 1.29 is 14.3 Å². The number of benzene rings is 2. The topological polar surface area (TPSA) is 71.0 Å². The summed E-state index contributed by atoms with van der Waals surface area (Å²) in [7, 11) is 0. The van der Waals surface area contributed by atoms with E-state index >= 15 is 0 Å². The maximum Gasteiger partial charge on any atom is 0.338 e. The van der Waals surface area contributed by atoms with Gasteiger partial charge in [0.1, 0.15) is 0 Å². The molecule has 1 unspecified atom stereocenters. The lowest BCUT2D eigenvalue weighted by molar-refractivity contribution is -0.140. The molecule has 2 aliphatic heterocycles. The zero-order valence-corrected chi connectivity index (χ0v) is 21.9.